The van der Waals surface area contributed by atoms with Crippen LogP contribution in [-0.2, 0) is 0 Å². The van der Waals surface area contributed by atoms with Crippen molar-refractivity contribution in [3.05, 3.63) is 23.3 Å². The van der Waals surface area contributed by atoms with Crippen LogP contribution in [0.2, 0.25) is 0 Å². The van der Waals surface area contributed by atoms with Gasteiger partial charge in [0.05, 0.1) is 24.9 Å². The van der Waals surface area contributed by atoms with Crippen molar-refractivity contribution >= 4 is 0 Å². The summed E-state index contributed by atoms with van der Waals surface area (Å²) in [6, 6.07) is 0. The molecule has 140 valence electrons. The monoisotopic (exact) mass is 348 g/mol. The fraction of sp³-hybridized carbons (Fsp3) is 0.810. The van der Waals surface area contributed by atoms with Crippen LogP contribution in [0, 0.1) is 28.6 Å². The van der Waals surface area contributed by atoms with Crippen LogP contribution in [-0.4, -0.2) is 45.3 Å². The molecule has 0 aromatic carbocycles. The van der Waals surface area contributed by atoms with Gasteiger partial charge in [-0.1, -0.05) is 37.1 Å². The number of fused-ring (bicyclic) bond motifs is 5. The molecule has 0 unspecified atom stereocenters. The van der Waals surface area contributed by atoms with Crippen LogP contribution in [0.5, 0.6) is 0 Å². The van der Waals surface area contributed by atoms with Crippen LogP contribution in [0.1, 0.15) is 52.4 Å². The van der Waals surface area contributed by atoms with Gasteiger partial charge in [0.2, 0.25) is 0 Å². The standard InChI is InChI=1S/C21H32O4/c1-20-8-7-13(23)9-12(20)3-4-14-15-5-6-16(18(25)11-22)21(15,2)10-17(24)19(14)20/h3-4,13,15-19,22-25H,5-11H2,1-2H3/t13-,15-,16+,17+,18+,19-,20+,21-/m0/s1. The lowest BCUT2D eigenvalue weighted by Gasteiger charge is -2.56. The molecule has 0 aromatic rings. The van der Waals surface area contributed by atoms with Crippen molar-refractivity contribution in [2.24, 2.45) is 28.6 Å². The van der Waals surface area contributed by atoms with Gasteiger partial charge in [-0.05, 0) is 61.2 Å². The largest absolute Gasteiger partial charge is 0.394 e. The molecule has 0 radical (unpaired) electrons. The minimum Gasteiger partial charge on any atom is -0.394 e. The van der Waals surface area contributed by atoms with Gasteiger partial charge in [0, 0.05) is 5.92 Å². The third-order valence-corrected chi connectivity index (χ3v) is 8.21. The summed E-state index contributed by atoms with van der Waals surface area (Å²) in [4.78, 5) is 0. The Labute approximate surface area is 150 Å². The molecule has 0 aliphatic heterocycles. The van der Waals surface area contributed by atoms with E-state index in [4.69, 9.17) is 0 Å². The van der Waals surface area contributed by atoms with E-state index >= 15 is 0 Å². The second kappa shape index (κ2) is 5.91. The molecule has 8 atom stereocenters. The maximum atomic E-state index is 11.2. The molecule has 4 N–H and O–H groups in total. The summed E-state index contributed by atoms with van der Waals surface area (Å²) >= 11 is 0. The molecule has 3 saturated carbocycles. The lowest BCUT2D eigenvalue weighted by atomic mass is 9.49. The fourth-order valence-corrected chi connectivity index (χ4v) is 6.91. The molecular formula is C21H32O4. The van der Waals surface area contributed by atoms with Crippen molar-refractivity contribution in [2.75, 3.05) is 6.61 Å². The summed E-state index contributed by atoms with van der Waals surface area (Å²) in [7, 11) is 0. The molecule has 4 heteroatoms. The topological polar surface area (TPSA) is 80.9 Å². The first-order valence-electron chi connectivity index (χ1n) is 9.87. The van der Waals surface area contributed by atoms with E-state index in [2.05, 4.69) is 26.0 Å². The summed E-state index contributed by atoms with van der Waals surface area (Å²) < 4.78 is 0. The van der Waals surface area contributed by atoms with Crippen LogP contribution >= 0.6 is 0 Å². The van der Waals surface area contributed by atoms with E-state index in [0.717, 1.165) is 32.1 Å². The predicted molar refractivity (Wildman–Crippen MR) is 95.7 cm³/mol. The van der Waals surface area contributed by atoms with Gasteiger partial charge in [-0.25, -0.2) is 0 Å². The molecule has 0 heterocycles. The van der Waals surface area contributed by atoms with Gasteiger partial charge in [-0.2, -0.15) is 0 Å². The highest BCUT2D eigenvalue weighted by Gasteiger charge is 2.60. The number of hydrogen-bond donors (Lipinski definition) is 4. The first-order valence-corrected chi connectivity index (χ1v) is 9.87. The van der Waals surface area contributed by atoms with Crippen molar-refractivity contribution < 1.29 is 20.4 Å². The van der Waals surface area contributed by atoms with E-state index in [1.165, 1.54) is 11.1 Å². The van der Waals surface area contributed by atoms with Gasteiger partial charge in [-0.15, -0.1) is 0 Å². The molecule has 0 amide bonds. The van der Waals surface area contributed by atoms with E-state index in [0.29, 0.717) is 12.3 Å². The molecule has 25 heavy (non-hydrogen) atoms. The second-order valence-electron chi connectivity index (χ2n) is 9.41. The molecule has 4 aliphatic carbocycles. The Morgan fingerprint density at radius 2 is 1.92 bits per heavy atom. The summed E-state index contributed by atoms with van der Waals surface area (Å²) in [5.74, 6) is 0.544. The van der Waals surface area contributed by atoms with E-state index < -0.39 is 12.2 Å². The Hall–Kier alpha value is -0.680. The van der Waals surface area contributed by atoms with E-state index in [1.54, 1.807) is 0 Å². The highest BCUT2D eigenvalue weighted by molar-refractivity contribution is 5.40. The zero-order valence-corrected chi connectivity index (χ0v) is 15.4. The van der Waals surface area contributed by atoms with Crippen LogP contribution in [0.4, 0.5) is 0 Å². The third kappa shape index (κ3) is 2.41. The fourth-order valence-electron chi connectivity index (χ4n) is 6.91. The average Bonchev–Trinajstić information content (AvgIpc) is 2.91. The van der Waals surface area contributed by atoms with Crippen LogP contribution < -0.4 is 0 Å². The Bertz CT molecular complexity index is 611. The van der Waals surface area contributed by atoms with Crippen molar-refractivity contribution in [1.82, 2.24) is 0 Å². The Balaban J connectivity index is 1.73. The predicted octanol–water partition coefficient (Wildman–Crippen LogP) is 2.17. The summed E-state index contributed by atoms with van der Waals surface area (Å²) in [5.41, 5.74) is 2.42. The van der Waals surface area contributed by atoms with Gasteiger partial charge >= 0.3 is 0 Å². The van der Waals surface area contributed by atoms with Gasteiger partial charge in [-0.3, -0.25) is 0 Å². The highest BCUT2D eigenvalue weighted by Crippen LogP contribution is 2.65. The molecule has 4 nitrogen and oxygen atoms in total. The summed E-state index contributed by atoms with van der Waals surface area (Å²) in [6.45, 7) is 4.26. The molecule has 4 rings (SSSR count). The SMILES string of the molecule is C[C@]12C[C@@H](O)[C@@H]3C(=CC=C4C[C@@H](O)CC[C@]43C)[C@@H]1CC[C@@H]2[C@H](O)CO. The molecule has 3 fully saturated rings. The minimum absolute atomic E-state index is 0.0466. The van der Waals surface area contributed by atoms with E-state index in [9.17, 15) is 20.4 Å². The normalized spacial score (nSPS) is 50.2. The molecular weight excluding hydrogens is 316 g/mol. The van der Waals surface area contributed by atoms with Gasteiger partial charge < -0.3 is 20.4 Å². The van der Waals surface area contributed by atoms with Gasteiger partial charge in [0.1, 0.15) is 0 Å². The Morgan fingerprint density at radius 3 is 2.64 bits per heavy atom. The van der Waals surface area contributed by atoms with Crippen molar-refractivity contribution in [3.8, 4) is 0 Å². The lowest BCUT2D eigenvalue weighted by molar-refractivity contribution is -0.0741. The van der Waals surface area contributed by atoms with Crippen molar-refractivity contribution in [1.29, 1.82) is 0 Å². The lowest BCUT2D eigenvalue weighted by Crippen LogP contribution is -2.53. The third-order valence-electron chi connectivity index (χ3n) is 8.21. The van der Waals surface area contributed by atoms with Gasteiger partial charge in [0.25, 0.3) is 0 Å². The average molecular weight is 348 g/mol. The number of aliphatic hydroxyl groups excluding tert-OH is 4. The second-order valence-corrected chi connectivity index (χ2v) is 9.41. The van der Waals surface area contributed by atoms with Crippen LogP contribution in [0.25, 0.3) is 0 Å². The van der Waals surface area contributed by atoms with Gasteiger partial charge in [0.15, 0.2) is 0 Å². The quantitative estimate of drug-likeness (QED) is 0.616. The number of rotatable bonds is 2. The number of aliphatic hydroxyl groups is 4. The smallest absolute Gasteiger partial charge is 0.0804 e. The zero-order valence-electron chi connectivity index (χ0n) is 15.4. The van der Waals surface area contributed by atoms with Crippen LogP contribution in [0.3, 0.4) is 0 Å². The van der Waals surface area contributed by atoms with E-state index in [1.807, 2.05) is 0 Å². The molecule has 0 bridgehead atoms. The van der Waals surface area contributed by atoms with Crippen LogP contribution in [0.15, 0.2) is 23.3 Å². The van der Waals surface area contributed by atoms with Crippen molar-refractivity contribution in [2.45, 2.75) is 70.7 Å². The molecule has 0 saturated heterocycles. The molecule has 0 aromatic heterocycles. The minimum atomic E-state index is -0.700. The highest BCUT2D eigenvalue weighted by atomic mass is 16.3. The molecule has 0 spiro atoms. The first-order chi connectivity index (χ1) is 11.8. The Morgan fingerprint density at radius 1 is 1.16 bits per heavy atom. The number of allylic oxidation sites excluding steroid dienone is 2. The maximum absolute atomic E-state index is 11.2. The maximum Gasteiger partial charge on any atom is 0.0804 e. The molecule has 4 aliphatic rings. The number of hydrogen-bond acceptors (Lipinski definition) is 4. The van der Waals surface area contributed by atoms with E-state index in [-0.39, 0.29) is 35.4 Å². The first kappa shape index (κ1) is 17.7. The summed E-state index contributed by atoms with van der Waals surface area (Å²) in [5, 5.41) is 41.0. The Kier molecular flexibility index (Phi) is 4.19. The summed E-state index contributed by atoms with van der Waals surface area (Å²) in [6.07, 6.45) is 8.09. The van der Waals surface area contributed by atoms with Crippen molar-refractivity contribution in [3.63, 3.8) is 0 Å². The zero-order chi connectivity index (χ0) is 18.0.